The number of ether oxygens (including phenoxy) is 3. The van der Waals surface area contributed by atoms with E-state index in [1.54, 1.807) is 20.3 Å². The summed E-state index contributed by atoms with van der Waals surface area (Å²) in [6.07, 6.45) is 1.12. The number of cyclic esters (lactones) is 1. The number of phenols is 2. The van der Waals surface area contributed by atoms with Crippen LogP contribution in [0.2, 0.25) is 0 Å². The molecule has 2 N–H and O–H groups in total. The second-order valence-corrected chi connectivity index (χ2v) is 6.42. The van der Waals surface area contributed by atoms with Gasteiger partial charge in [0, 0.05) is 5.92 Å². The minimum Gasteiger partial charge on any atom is -0.504 e. The minimum absolute atomic E-state index is 0.0246. The normalized spacial score (nSPS) is 19.2. The maximum absolute atomic E-state index is 12.2. The number of benzene rings is 2. The summed E-state index contributed by atoms with van der Waals surface area (Å²) in [7, 11) is 3.17. The van der Waals surface area contributed by atoms with Crippen molar-refractivity contribution in [3.05, 3.63) is 47.5 Å². The van der Waals surface area contributed by atoms with Crippen LogP contribution in [-0.2, 0) is 22.4 Å². The second-order valence-electron chi connectivity index (χ2n) is 6.42. The topological polar surface area (TPSA) is 85.2 Å². The van der Waals surface area contributed by atoms with Gasteiger partial charge in [-0.2, -0.15) is 0 Å². The first kappa shape index (κ1) is 17.9. The number of carbonyl (C=O) groups is 1. The van der Waals surface area contributed by atoms with Gasteiger partial charge in [-0.05, 0) is 48.2 Å². The second kappa shape index (κ2) is 7.56. The zero-order valence-corrected chi connectivity index (χ0v) is 14.8. The molecule has 3 rings (SSSR count). The van der Waals surface area contributed by atoms with Gasteiger partial charge < -0.3 is 24.4 Å². The lowest BCUT2D eigenvalue weighted by molar-refractivity contribution is -0.141. The molecule has 138 valence electrons. The molecule has 0 saturated carbocycles. The van der Waals surface area contributed by atoms with Gasteiger partial charge in [-0.25, -0.2) is 0 Å². The lowest BCUT2D eigenvalue weighted by Crippen LogP contribution is -2.20. The van der Waals surface area contributed by atoms with Crippen LogP contribution in [0, 0.1) is 11.8 Å². The average Bonchev–Trinajstić information content (AvgIpc) is 2.98. The van der Waals surface area contributed by atoms with Gasteiger partial charge in [-0.3, -0.25) is 4.79 Å². The first-order chi connectivity index (χ1) is 12.5. The van der Waals surface area contributed by atoms with Crippen molar-refractivity contribution in [1.82, 2.24) is 0 Å². The lowest BCUT2D eigenvalue weighted by atomic mass is 9.85. The first-order valence-electron chi connectivity index (χ1n) is 8.40. The number of carbonyl (C=O) groups excluding carboxylic acids is 1. The lowest BCUT2D eigenvalue weighted by Gasteiger charge is -2.17. The van der Waals surface area contributed by atoms with E-state index in [0.717, 1.165) is 11.1 Å². The van der Waals surface area contributed by atoms with E-state index < -0.39 is 0 Å². The van der Waals surface area contributed by atoms with Gasteiger partial charge in [0.1, 0.15) is 0 Å². The third kappa shape index (κ3) is 3.69. The van der Waals surface area contributed by atoms with Gasteiger partial charge in [-0.15, -0.1) is 0 Å². The van der Waals surface area contributed by atoms with E-state index in [0.29, 0.717) is 30.9 Å². The van der Waals surface area contributed by atoms with E-state index in [9.17, 15) is 15.0 Å². The van der Waals surface area contributed by atoms with Crippen molar-refractivity contribution < 1.29 is 29.2 Å². The van der Waals surface area contributed by atoms with Gasteiger partial charge in [0.25, 0.3) is 0 Å². The van der Waals surface area contributed by atoms with E-state index in [2.05, 4.69) is 0 Å². The number of hydrogen-bond acceptors (Lipinski definition) is 6. The highest BCUT2D eigenvalue weighted by Gasteiger charge is 2.37. The molecule has 2 aromatic rings. The van der Waals surface area contributed by atoms with Crippen molar-refractivity contribution in [2.45, 2.75) is 12.8 Å². The molecule has 0 aromatic heterocycles. The van der Waals surface area contributed by atoms with Crippen LogP contribution < -0.4 is 9.47 Å². The summed E-state index contributed by atoms with van der Waals surface area (Å²) >= 11 is 0. The Morgan fingerprint density at radius 2 is 1.65 bits per heavy atom. The van der Waals surface area contributed by atoms with E-state index >= 15 is 0 Å². The number of methoxy groups -OCH3 is 2. The largest absolute Gasteiger partial charge is 0.504 e. The Morgan fingerprint density at radius 3 is 2.35 bits per heavy atom. The Morgan fingerprint density at radius 1 is 0.962 bits per heavy atom. The minimum atomic E-state index is -0.299. The third-order valence-electron chi connectivity index (χ3n) is 4.75. The molecule has 0 radical (unpaired) electrons. The summed E-state index contributed by atoms with van der Waals surface area (Å²) in [6.45, 7) is 0.363. The van der Waals surface area contributed by atoms with Crippen molar-refractivity contribution in [3.63, 3.8) is 0 Å². The average molecular weight is 358 g/mol. The Bertz CT molecular complexity index is 801. The fraction of sp³-hybridized carbons (Fsp3) is 0.350. The summed E-state index contributed by atoms with van der Waals surface area (Å²) in [4.78, 5) is 12.2. The molecule has 1 aliphatic heterocycles. The number of esters is 1. The molecule has 2 aromatic carbocycles. The monoisotopic (exact) mass is 358 g/mol. The zero-order valence-electron chi connectivity index (χ0n) is 14.8. The quantitative estimate of drug-likeness (QED) is 0.610. The molecule has 26 heavy (non-hydrogen) atoms. The fourth-order valence-electron chi connectivity index (χ4n) is 3.32. The molecule has 1 heterocycles. The molecule has 1 saturated heterocycles. The fourth-order valence-corrected chi connectivity index (χ4v) is 3.32. The number of aromatic hydroxyl groups is 2. The number of phenolic OH excluding ortho intramolecular Hbond substituents is 2. The molecule has 6 heteroatoms. The van der Waals surface area contributed by atoms with Crippen molar-refractivity contribution >= 4 is 5.97 Å². The number of rotatable bonds is 6. The highest BCUT2D eigenvalue weighted by atomic mass is 16.5. The SMILES string of the molecule is COc1ccc(C[C@@H]2COC(=O)[C@@H]2Cc2ccc(O)c(O)c2)cc1OC. The summed E-state index contributed by atoms with van der Waals surface area (Å²) < 4.78 is 15.9. The molecular weight excluding hydrogens is 336 g/mol. The zero-order chi connectivity index (χ0) is 18.7. The van der Waals surface area contributed by atoms with Crippen LogP contribution in [0.1, 0.15) is 11.1 Å². The van der Waals surface area contributed by atoms with Crippen LogP contribution in [0.3, 0.4) is 0 Å². The number of hydrogen-bond donors (Lipinski definition) is 2. The van der Waals surface area contributed by atoms with Crippen LogP contribution in [0.25, 0.3) is 0 Å². The Labute approximate surface area is 151 Å². The smallest absolute Gasteiger partial charge is 0.309 e. The third-order valence-corrected chi connectivity index (χ3v) is 4.75. The Balaban J connectivity index is 1.76. The summed E-state index contributed by atoms with van der Waals surface area (Å²) in [5.74, 6) is 0.433. The summed E-state index contributed by atoms with van der Waals surface area (Å²) in [5.41, 5.74) is 1.81. The van der Waals surface area contributed by atoms with E-state index in [1.807, 2.05) is 18.2 Å². The molecule has 0 spiro atoms. The summed E-state index contributed by atoms with van der Waals surface area (Å²) in [5, 5.41) is 19.1. The van der Waals surface area contributed by atoms with E-state index in [-0.39, 0.29) is 29.3 Å². The van der Waals surface area contributed by atoms with Crippen LogP contribution >= 0.6 is 0 Å². The van der Waals surface area contributed by atoms with Gasteiger partial charge in [0.2, 0.25) is 0 Å². The Kier molecular flexibility index (Phi) is 5.21. The van der Waals surface area contributed by atoms with Gasteiger partial charge in [0.15, 0.2) is 23.0 Å². The van der Waals surface area contributed by atoms with Gasteiger partial charge in [-0.1, -0.05) is 12.1 Å². The van der Waals surface area contributed by atoms with E-state index in [4.69, 9.17) is 14.2 Å². The highest BCUT2D eigenvalue weighted by molar-refractivity contribution is 5.75. The van der Waals surface area contributed by atoms with Crippen LogP contribution in [-0.4, -0.2) is 37.0 Å². The predicted molar refractivity (Wildman–Crippen MR) is 94.7 cm³/mol. The molecular formula is C20H22O6. The molecule has 1 fully saturated rings. The predicted octanol–water partition coefficient (Wildman–Crippen LogP) is 2.69. The molecule has 0 amide bonds. The maximum Gasteiger partial charge on any atom is 0.309 e. The molecule has 0 aliphatic carbocycles. The summed E-state index contributed by atoms with van der Waals surface area (Å²) in [6, 6.07) is 10.3. The van der Waals surface area contributed by atoms with Crippen molar-refractivity contribution in [2.24, 2.45) is 11.8 Å². The molecule has 0 bridgehead atoms. The highest BCUT2D eigenvalue weighted by Crippen LogP contribution is 2.34. The van der Waals surface area contributed by atoms with Gasteiger partial charge in [0.05, 0.1) is 26.7 Å². The van der Waals surface area contributed by atoms with Crippen LogP contribution in [0.5, 0.6) is 23.0 Å². The molecule has 2 atom stereocenters. The van der Waals surface area contributed by atoms with E-state index in [1.165, 1.54) is 12.1 Å². The molecule has 1 aliphatic rings. The molecule has 6 nitrogen and oxygen atoms in total. The first-order valence-corrected chi connectivity index (χ1v) is 8.40. The Hall–Kier alpha value is -2.89. The van der Waals surface area contributed by atoms with Crippen molar-refractivity contribution in [2.75, 3.05) is 20.8 Å². The van der Waals surface area contributed by atoms with Gasteiger partial charge >= 0.3 is 5.97 Å². The molecule has 0 unspecified atom stereocenters. The van der Waals surface area contributed by atoms with Crippen LogP contribution in [0.4, 0.5) is 0 Å². The van der Waals surface area contributed by atoms with Crippen molar-refractivity contribution in [1.29, 1.82) is 0 Å². The standard InChI is InChI=1S/C20H22O6/c1-24-18-6-4-12(10-19(18)25-2)7-14-11-26-20(23)15(14)8-13-3-5-16(21)17(22)9-13/h3-6,9-10,14-15,21-22H,7-8,11H2,1-2H3/t14-,15-/m1/s1. The van der Waals surface area contributed by atoms with Crippen LogP contribution in [0.15, 0.2) is 36.4 Å². The maximum atomic E-state index is 12.2. The van der Waals surface area contributed by atoms with Crippen molar-refractivity contribution in [3.8, 4) is 23.0 Å².